The fourth-order valence-corrected chi connectivity index (χ4v) is 2.21. The number of nitrogen functional groups attached to an aromatic ring is 1. The molecule has 1 aliphatic rings. The third-order valence-corrected chi connectivity index (χ3v) is 3.44. The quantitative estimate of drug-likeness (QED) is 0.879. The number of fused-ring (bicyclic) bond motifs is 1. The average Bonchev–Trinajstić information content (AvgIpc) is 3.10. The van der Waals surface area contributed by atoms with E-state index in [2.05, 4.69) is 9.55 Å². The minimum Gasteiger partial charge on any atom is -0.497 e. The van der Waals surface area contributed by atoms with Crippen molar-refractivity contribution in [1.29, 1.82) is 0 Å². The van der Waals surface area contributed by atoms with Crippen LogP contribution in [0.5, 0.6) is 5.75 Å². The lowest BCUT2D eigenvalue weighted by Crippen LogP contribution is -2.03. The first-order valence-electron chi connectivity index (χ1n) is 6.07. The number of hydrogen-bond donors (Lipinski definition) is 1. The number of benzene rings is 1. The van der Waals surface area contributed by atoms with Crippen molar-refractivity contribution in [3.8, 4) is 5.75 Å². The highest BCUT2D eigenvalue weighted by atomic mass is 16.5. The Labute approximate surface area is 100 Å². The molecule has 1 aromatic heterocycles. The molecule has 2 N–H and O–H groups in total. The van der Waals surface area contributed by atoms with E-state index >= 15 is 0 Å². The van der Waals surface area contributed by atoms with E-state index in [4.69, 9.17) is 10.5 Å². The van der Waals surface area contributed by atoms with E-state index in [1.54, 1.807) is 7.11 Å². The van der Waals surface area contributed by atoms with E-state index in [-0.39, 0.29) is 0 Å². The van der Waals surface area contributed by atoms with Gasteiger partial charge in [0.2, 0.25) is 5.95 Å². The molecule has 4 heteroatoms. The number of nitrogens with two attached hydrogens (primary N) is 1. The molecule has 1 aromatic carbocycles. The van der Waals surface area contributed by atoms with Crippen LogP contribution < -0.4 is 10.5 Å². The Balaban J connectivity index is 1.95. The first kappa shape index (κ1) is 10.4. The number of aryl methyl sites for hydroxylation is 1. The summed E-state index contributed by atoms with van der Waals surface area (Å²) < 4.78 is 7.29. The molecule has 0 aliphatic heterocycles. The summed E-state index contributed by atoms with van der Waals surface area (Å²) in [6.07, 6.45) is 3.96. The SMILES string of the molecule is COc1ccc2c(c1)nc(N)n2CCC1CC1. The number of imidazole rings is 1. The molecule has 0 unspecified atom stereocenters. The van der Waals surface area contributed by atoms with E-state index in [0.717, 1.165) is 29.2 Å². The zero-order valence-electron chi connectivity index (χ0n) is 10.0. The maximum Gasteiger partial charge on any atom is 0.201 e. The van der Waals surface area contributed by atoms with Crippen LogP contribution in [0.3, 0.4) is 0 Å². The van der Waals surface area contributed by atoms with Crippen LogP contribution in [-0.4, -0.2) is 16.7 Å². The fourth-order valence-electron chi connectivity index (χ4n) is 2.21. The van der Waals surface area contributed by atoms with Crippen LogP contribution in [0.25, 0.3) is 11.0 Å². The first-order chi connectivity index (χ1) is 8.28. The molecule has 1 heterocycles. The number of ether oxygens (including phenoxy) is 1. The van der Waals surface area contributed by atoms with Crippen molar-refractivity contribution in [2.75, 3.05) is 12.8 Å². The van der Waals surface area contributed by atoms with Crippen LogP contribution in [0.15, 0.2) is 18.2 Å². The predicted octanol–water partition coefficient (Wildman–Crippen LogP) is 2.43. The second kappa shape index (κ2) is 3.95. The molecule has 0 spiro atoms. The molecule has 17 heavy (non-hydrogen) atoms. The summed E-state index contributed by atoms with van der Waals surface area (Å²) in [7, 11) is 1.66. The topological polar surface area (TPSA) is 53.1 Å². The molecule has 1 saturated carbocycles. The van der Waals surface area contributed by atoms with Gasteiger partial charge in [-0.3, -0.25) is 0 Å². The minimum atomic E-state index is 0.605. The summed E-state index contributed by atoms with van der Waals surface area (Å²) >= 11 is 0. The van der Waals surface area contributed by atoms with Crippen molar-refractivity contribution >= 4 is 17.0 Å². The zero-order valence-corrected chi connectivity index (χ0v) is 10.0. The summed E-state index contributed by atoms with van der Waals surface area (Å²) in [5, 5.41) is 0. The number of hydrogen-bond acceptors (Lipinski definition) is 3. The zero-order chi connectivity index (χ0) is 11.8. The molecular formula is C13H17N3O. The normalized spacial score (nSPS) is 15.4. The second-order valence-electron chi connectivity index (χ2n) is 4.71. The van der Waals surface area contributed by atoms with Gasteiger partial charge in [-0.25, -0.2) is 4.98 Å². The lowest BCUT2D eigenvalue weighted by atomic mass is 10.2. The highest BCUT2D eigenvalue weighted by Crippen LogP contribution is 2.33. The molecule has 4 nitrogen and oxygen atoms in total. The third-order valence-electron chi connectivity index (χ3n) is 3.44. The fraction of sp³-hybridized carbons (Fsp3) is 0.462. The molecule has 0 amide bonds. The maximum atomic E-state index is 5.96. The predicted molar refractivity (Wildman–Crippen MR) is 68.0 cm³/mol. The van der Waals surface area contributed by atoms with Crippen LogP contribution in [0.4, 0.5) is 5.95 Å². The maximum absolute atomic E-state index is 5.96. The van der Waals surface area contributed by atoms with Gasteiger partial charge in [0.05, 0.1) is 18.1 Å². The molecule has 3 rings (SSSR count). The Morgan fingerprint density at radius 2 is 2.29 bits per heavy atom. The number of nitrogens with zero attached hydrogens (tertiary/aromatic N) is 2. The number of aromatic nitrogens is 2. The summed E-state index contributed by atoms with van der Waals surface area (Å²) in [6.45, 7) is 0.972. The van der Waals surface area contributed by atoms with Gasteiger partial charge in [-0.05, 0) is 24.5 Å². The summed E-state index contributed by atoms with van der Waals surface area (Å²) in [4.78, 5) is 4.38. The van der Waals surface area contributed by atoms with Crippen LogP contribution in [0.1, 0.15) is 19.3 Å². The Kier molecular flexibility index (Phi) is 2.42. The van der Waals surface area contributed by atoms with Crippen molar-refractivity contribution < 1.29 is 4.74 Å². The molecule has 0 atom stereocenters. The van der Waals surface area contributed by atoms with Crippen molar-refractivity contribution in [3.05, 3.63) is 18.2 Å². The van der Waals surface area contributed by atoms with Gasteiger partial charge in [0.15, 0.2) is 0 Å². The second-order valence-corrected chi connectivity index (χ2v) is 4.71. The van der Waals surface area contributed by atoms with E-state index in [9.17, 15) is 0 Å². The van der Waals surface area contributed by atoms with Crippen molar-refractivity contribution in [2.24, 2.45) is 5.92 Å². The van der Waals surface area contributed by atoms with Crippen molar-refractivity contribution in [1.82, 2.24) is 9.55 Å². The van der Waals surface area contributed by atoms with Crippen molar-refractivity contribution in [3.63, 3.8) is 0 Å². The smallest absolute Gasteiger partial charge is 0.201 e. The summed E-state index contributed by atoms with van der Waals surface area (Å²) in [5.41, 5.74) is 7.98. The summed E-state index contributed by atoms with van der Waals surface area (Å²) in [5.74, 6) is 2.34. The van der Waals surface area contributed by atoms with Gasteiger partial charge in [0.25, 0.3) is 0 Å². The molecule has 90 valence electrons. The molecule has 1 aliphatic carbocycles. The minimum absolute atomic E-state index is 0.605. The van der Waals surface area contributed by atoms with Gasteiger partial charge in [0, 0.05) is 12.6 Å². The highest BCUT2D eigenvalue weighted by Gasteiger charge is 2.21. The molecule has 2 aromatic rings. The van der Waals surface area contributed by atoms with Crippen molar-refractivity contribution in [2.45, 2.75) is 25.8 Å². The molecule has 0 bridgehead atoms. The number of anilines is 1. The van der Waals surface area contributed by atoms with Gasteiger partial charge in [-0.2, -0.15) is 0 Å². The lowest BCUT2D eigenvalue weighted by Gasteiger charge is -2.05. The standard InChI is InChI=1S/C13H17N3O/c1-17-10-4-5-12-11(8-10)15-13(14)16(12)7-6-9-2-3-9/h4-5,8-9H,2-3,6-7H2,1H3,(H2,14,15). The Morgan fingerprint density at radius 3 is 3.00 bits per heavy atom. The van der Waals surface area contributed by atoms with Crippen LogP contribution in [0.2, 0.25) is 0 Å². The van der Waals surface area contributed by atoms with Crippen LogP contribution in [-0.2, 0) is 6.54 Å². The number of methoxy groups -OCH3 is 1. The van der Waals surface area contributed by atoms with Gasteiger partial charge in [-0.15, -0.1) is 0 Å². The highest BCUT2D eigenvalue weighted by molar-refractivity contribution is 5.79. The van der Waals surface area contributed by atoms with Gasteiger partial charge < -0.3 is 15.0 Å². The van der Waals surface area contributed by atoms with Gasteiger partial charge in [0.1, 0.15) is 5.75 Å². The van der Waals surface area contributed by atoms with E-state index in [0.29, 0.717) is 5.95 Å². The first-order valence-corrected chi connectivity index (χ1v) is 6.07. The molecule has 0 saturated heterocycles. The Morgan fingerprint density at radius 1 is 1.47 bits per heavy atom. The Hall–Kier alpha value is -1.71. The average molecular weight is 231 g/mol. The van der Waals surface area contributed by atoms with Crippen LogP contribution >= 0.6 is 0 Å². The monoisotopic (exact) mass is 231 g/mol. The lowest BCUT2D eigenvalue weighted by molar-refractivity contribution is 0.415. The van der Waals surface area contributed by atoms with E-state index in [1.165, 1.54) is 19.3 Å². The van der Waals surface area contributed by atoms with Crippen LogP contribution in [0, 0.1) is 5.92 Å². The van der Waals surface area contributed by atoms with E-state index < -0.39 is 0 Å². The number of rotatable bonds is 4. The largest absolute Gasteiger partial charge is 0.497 e. The van der Waals surface area contributed by atoms with E-state index in [1.807, 2.05) is 18.2 Å². The Bertz CT molecular complexity index is 543. The molecular weight excluding hydrogens is 214 g/mol. The molecule has 0 radical (unpaired) electrons. The summed E-state index contributed by atoms with van der Waals surface area (Å²) in [6, 6.07) is 5.92. The van der Waals surface area contributed by atoms with Gasteiger partial charge >= 0.3 is 0 Å². The molecule has 1 fully saturated rings. The van der Waals surface area contributed by atoms with Gasteiger partial charge in [-0.1, -0.05) is 12.8 Å². The third kappa shape index (κ3) is 1.95.